The lowest BCUT2D eigenvalue weighted by atomic mass is 10.1. The zero-order chi connectivity index (χ0) is 25.9. The largest absolute Gasteiger partial charge is 0.449 e. The van der Waals surface area contributed by atoms with Gasteiger partial charge in [-0.15, -0.1) is 0 Å². The van der Waals surface area contributed by atoms with Crippen LogP contribution in [0.1, 0.15) is 29.8 Å². The van der Waals surface area contributed by atoms with E-state index in [0.29, 0.717) is 55.1 Å². The van der Waals surface area contributed by atoms with Crippen molar-refractivity contribution in [1.82, 2.24) is 14.8 Å². The molecule has 10 heteroatoms. The summed E-state index contributed by atoms with van der Waals surface area (Å²) in [5, 5.41) is 0.728. The van der Waals surface area contributed by atoms with Crippen molar-refractivity contribution in [3.63, 3.8) is 0 Å². The Bertz CT molecular complexity index is 1380. The van der Waals surface area contributed by atoms with Crippen molar-refractivity contribution in [1.29, 1.82) is 0 Å². The van der Waals surface area contributed by atoms with Crippen molar-refractivity contribution in [2.24, 2.45) is 5.92 Å². The van der Waals surface area contributed by atoms with Gasteiger partial charge in [0.2, 0.25) is 0 Å². The fourth-order valence-electron chi connectivity index (χ4n) is 4.01. The molecule has 0 unspecified atom stereocenters. The Morgan fingerprint density at radius 2 is 1.72 bits per heavy atom. The molecule has 1 saturated heterocycles. The molecule has 0 atom stereocenters. The van der Waals surface area contributed by atoms with Crippen LogP contribution in [0.2, 0.25) is 0 Å². The van der Waals surface area contributed by atoms with E-state index in [1.807, 2.05) is 13.8 Å². The van der Waals surface area contributed by atoms with Crippen molar-refractivity contribution >= 4 is 38.6 Å². The summed E-state index contributed by atoms with van der Waals surface area (Å²) in [6.45, 7) is 7.67. The van der Waals surface area contributed by atoms with Crippen LogP contribution in [-0.2, 0) is 14.8 Å². The van der Waals surface area contributed by atoms with Crippen molar-refractivity contribution < 1.29 is 22.7 Å². The molecule has 2 amide bonds. The molecule has 1 aliphatic rings. The first-order valence-electron chi connectivity index (χ1n) is 11.8. The average molecular weight is 511 g/mol. The Labute approximate surface area is 211 Å². The lowest BCUT2D eigenvalue weighted by Gasteiger charge is -2.34. The number of sulfonamides is 1. The van der Waals surface area contributed by atoms with Crippen LogP contribution in [0.4, 0.5) is 10.5 Å². The number of ether oxygens (including phenoxy) is 1. The highest BCUT2D eigenvalue weighted by Crippen LogP contribution is 2.25. The SMILES string of the molecule is Cc1cc(C(=O)N2CCN(C(=O)OCC(C)C)CC2)ccc1NS(=O)(=O)c1cccc2cccnc12. The van der Waals surface area contributed by atoms with Crippen LogP contribution in [0.15, 0.2) is 59.6 Å². The third-order valence-corrected chi connectivity index (χ3v) is 7.37. The maximum absolute atomic E-state index is 13.1. The fourth-order valence-corrected chi connectivity index (χ4v) is 5.32. The number of hydrogen-bond donors (Lipinski definition) is 1. The van der Waals surface area contributed by atoms with Gasteiger partial charge in [0.25, 0.3) is 15.9 Å². The summed E-state index contributed by atoms with van der Waals surface area (Å²) < 4.78 is 34.2. The lowest BCUT2D eigenvalue weighted by Crippen LogP contribution is -2.50. The summed E-state index contributed by atoms with van der Waals surface area (Å²) >= 11 is 0. The number of anilines is 1. The molecule has 4 rings (SSSR count). The number of para-hydroxylation sites is 1. The van der Waals surface area contributed by atoms with Gasteiger partial charge in [-0.1, -0.05) is 32.0 Å². The Morgan fingerprint density at radius 3 is 2.42 bits per heavy atom. The Hall–Kier alpha value is -3.66. The maximum atomic E-state index is 13.1. The van der Waals surface area contributed by atoms with Gasteiger partial charge in [0.15, 0.2) is 0 Å². The number of rotatable bonds is 6. The molecule has 0 aliphatic carbocycles. The van der Waals surface area contributed by atoms with E-state index in [1.165, 1.54) is 6.07 Å². The number of nitrogens with one attached hydrogen (secondary N) is 1. The third-order valence-electron chi connectivity index (χ3n) is 5.97. The molecule has 1 fully saturated rings. The lowest BCUT2D eigenvalue weighted by molar-refractivity contribution is 0.0535. The van der Waals surface area contributed by atoms with Crippen LogP contribution in [-0.4, -0.2) is 68.0 Å². The highest BCUT2D eigenvalue weighted by molar-refractivity contribution is 7.93. The van der Waals surface area contributed by atoms with Gasteiger partial charge in [0.1, 0.15) is 4.90 Å². The van der Waals surface area contributed by atoms with E-state index in [0.717, 1.165) is 5.39 Å². The maximum Gasteiger partial charge on any atom is 0.409 e. The highest BCUT2D eigenvalue weighted by atomic mass is 32.2. The Balaban J connectivity index is 1.43. The van der Waals surface area contributed by atoms with Gasteiger partial charge in [-0.2, -0.15) is 0 Å². The number of amides is 2. The van der Waals surface area contributed by atoms with E-state index < -0.39 is 10.0 Å². The highest BCUT2D eigenvalue weighted by Gasteiger charge is 2.26. The molecule has 2 aromatic carbocycles. The molecule has 2 heterocycles. The number of carbonyl (C=O) groups is 2. The molecule has 0 spiro atoms. The molecule has 1 N–H and O–H groups in total. The Kier molecular flexibility index (Phi) is 7.44. The van der Waals surface area contributed by atoms with Gasteiger partial charge in [-0.25, -0.2) is 13.2 Å². The summed E-state index contributed by atoms with van der Waals surface area (Å²) in [6, 6.07) is 13.4. The van der Waals surface area contributed by atoms with Gasteiger partial charge in [0.05, 0.1) is 17.8 Å². The van der Waals surface area contributed by atoms with E-state index in [2.05, 4.69) is 9.71 Å². The smallest absolute Gasteiger partial charge is 0.409 e. The quantitative estimate of drug-likeness (QED) is 0.539. The van der Waals surface area contributed by atoms with Gasteiger partial charge in [-0.05, 0) is 48.7 Å². The van der Waals surface area contributed by atoms with E-state index in [4.69, 9.17) is 4.74 Å². The number of carbonyl (C=O) groups excluding carboxylic acids is 2. The van der Waals surface area contributed by atoms with Crippen LogP contribution in [0.25, 0.3) is 10.9 Å². The molecule has 3 aromatic rings. The number of aromatic nitrogens is 1. The number of pyridine rings is 1. The molecule has 9 nitrogen and oxygen atoms in total. The first-order chi connectivity index (χ1) is 17.2. The molecule has 36 heavy (non-hydrogen) atoms. The van der Waals surface area contributed by atoms with Crippen LogP contribution in [0, 0.1) is 12.8 Å². The number of benzene rings is 2. The zero-order valence-corrected chi connectivity index (χ0v) is 21.4. The molecular formula is C26H30N4O5S. The van der Waals surface area contributed by atoms with Crippen LogP contribution in [0.5, 0.6) is 0 Å². The molecular weight excluding hydrogens is 480 g/mol. The summed E-state index contributed by atoms with van der Waals surface area (Å²) in [5.41, 5.74) is 1.85. The van der Waals surface area contributed by atoms with Crippen LogP contribution < -0.4 is 4.72 Å². The molecule has 0 bridgehead atoms. The minimum absolute atomic E-state index is 0.0879. The summed E-state index contributed by atoms with van der Waals surface area (Å²) in [6.07, 6.45) is 1.20. The summed E-state index contributed by atoms with van der Waals surface area (Å²) in [4.78, 5) is 32.8. The molecule has 190 valence electrons. The second kappa shape index (κ2) is 10.5. The normalized spacial score (nSPS) is 14.2. The number of piperazine rings is 1. The molecule has 0 saturated carbocycles. The second-order valence-corrected chi connectivity index (χ2v) is 10.9. The van der Waals surface area contributed by atoms with Gasteiger partial charge < -0.3 is 14.5 Å². The topological polar surface area (TPSA) is 109 Å². The molecule has 1 aliphatic heterocycles. The third kappa shape index (κ3) is 5.59. The summed E-state index contributed by atoms with van der Waals surface area (Å²) in [5.74, 6) is 0.0946. The predicted octanol–water partition coefficient (Wildman–Crippen LogP) is 3.89. The van der Waals surface area contributed by atoms with Crippen LogP contribution >= 0.6 is 0 Å². The van der Waals surface area contributed by atoms with Crippen molar-refractivity contribution in [2.45, 2.75) is 25.7 Å². The van der Waals surface area contributed by atoms with Crippen LogP contribution in [0.3, 0.4) is 0 Å². The standard InChI is InChI=1S/C26H30N4O5S/c1-18(2)17-35-26(32)30-14-12-29(13-15-30)25(31)21-9-10-22(19(3)16-21)28-36(33,34)23-8-4-6-20-7-5-11-27-24(20)23/h4-11,16,18,28H,12-15,17H2,1-3H3. The first-order valence-corrected chi connectivity index (χ1v) is 13.3. The Morgan fingerprint density at radius 1 is 1.03 bits per heavy atom. The van der Waals surface area contributed by atoms with Crippen molar-refractivity contribution in [3.8, 4) is 0 Å². The first kappa shape index (κ1) is 25.4. The average Bonchev–Trinajstić information content (AvgIpc) is 2.87. The number of fused-ring (bicyclic) bond motifs is 1. The summed E-state index contributed by atoms with van der Waals surface area (Å²) in [7, 11) is -3.90. The monoisotopic (exact) mass is 510 g/mol. The second-order valence-electron chi connectivity index (χ2n) is 9.22. The van der Waals surface area contributed by atoms with Crippen molar-refractivity contribution in [3.05, 3.63) is 65.9 Å². The van der Waals surface area contributed by atoms with E-state index in [-0.39, 0.29) is 22.8 Å². The predicted molar refractivity (Wildman–Crippen MR) is 137 cm³/mol. The number of nitrogens with zero attached hydrogens (tertiary/aromatic N) is 3. The van der Waals surface area contributed by atoms with E-state index in [1.54, 1.807) is 65.4 Å². The number of hydrogen-bond acceptors (Lipinski definition) is 6. The number of aryl methyl sites for hydroxylation is 1. The fraction of sp³-hybridized carbons (Fsp3) is 0.346. The minimum atomic E-state index is -3.90. The van der Waals surface area contributed by atoms with Crippen molar-refractivity contribution in [2.75, 3.05) is 37.5 Å². The molecule has 1 aromatic heterocycles. The van der Waals surface area contributed by atoms with Gasteiger partial charge in [-0.3, -0.25) is 14.5 Å². The zero-order valence-electron chi connectivity index (χ0n) is 20.6. The van der Waals surface area contributed by atoms with Gasteiger partial charge >= 0.3 is 6.09 Å². The van der Waals surface area contributed by atoms with E-state index >= 15 is 0 Å². The van der Waals surface area contributed by atoms with E-state index in [9.17, 15) is 18.0 Å². The van der Waals surface area contributed by atoms with Gasteiger partial charge in [0, 0.05) is 43.3 Å². The molecule has 0 radical (unpaired) electrons. The minimum Gasteiger partial charge on any atom is -0.449 e.